The number of nitrogens with two attached hydrogens (primary N) is 1. The first kappa shape index (κ1) is 14.4. The molecule has 3 rings (SSSR count). The molecule has 2 aromatic rings. The summed E-state index contributed by atoms with van der Waals surface area (Å²) < 4.78 is 2.10. The van der Waals surface area contributed by atoms with Crippen LogP contribution in [0, 0.1) is 0 Å². The van der Waals surface area contributed by atoms with Gasteiger partial charge in [-0.3, -0.25) is 4.90 Å². The van der Waals surface area contributed by atoms with Crippen LogP contribution in [0.2, 0.25) is 0 Å². The molecule has 0 saturated carbocycles. The van der Waals surface area contributed by atoms with Crippen molar-refractivity contribution in [3.63, 3.8) is 0 Å². The third-order valence-electron chi connectivity index (χ3n) is 4.55. The molecule has 114 valence electrons. The third-order valence-corrected chi connectivity index (χ3v) is 4.55. The van der Waals surface area contributed by atoms with E-state index in [0.717, 1.165) is 30.2 Å². The minimum Gasteiger partial charge on any atom is -0.357 e. The number of anilines is 1. The zero-order chi connectivity index (χ0) is 14.8. The standard InChI is InChI=1S/C16H25N5/c1-3-20-9-6-7-13(20)12-19(2)16-14(11-17)21-10-5-4-8-15(21)18-16/h4-5,8,10,13H,3,6-7,9,11-12,17H2,1-2H3. The Morgan fingerprint density at radius 3 is 3.05 bits per heavy atom. The summed E-state index contributed by atoms with van der Waals surface area (Å²) in [5.41, 5.74) is 8.03. The van der Waals surface area contributed by atoms with Crippen molar-refractivity contribution >= 4 is 11.5 Å². The van der Waals surface area contributed by atoms with E-state index in [1.165, 1.54) is 19.4 Å². The van der Waals surface area contributed by atoms with Crippen molar-refractivity contribution in [1.29, 1.82) is 0 Å². The maximum Gasteiger partial charge on any atom is 0.152 e. The number of pyridine rings is 1. The van der Waals surface area contributed by atoms with Gasteiger partial charge in [0, 0.05) is 32.4 Å². The van der Waals surface area contributed by atoms with Crippen molar-refractivity contribution in [3.05, 3.63) is 30.1 Å². The van der Waals surface area contributed by atoms with Crippen LogP contribution in [0.25, 0.3) is 5.65 Å². The zero-order valence-electron chi connectivity index (χ0n) is 13.0. The predicted octanol–water partition coefficient (Wildman–Crippen LogP) is 1.71. The molecule has 1 unspecified atom stereocenters. The van der Waals surface area contributed by atoms with E-state index in [1.807, 2.05) is 24.4 Å². The van der Waals surface area contributed by atoms with Crippen LogP contribution in [-0.4, -0.2) is 47.0 Å². The molecule has 5 nitrogen and oxygen atoms in total. The fourth-order valence-corrected chi connectivity index (χ4v) is 3.45. The number of aromatic nitrogens is 2. The summed E-state index contributed by atoms with van der Waals surface area (Å²) in [7, 11) is 2.13. The molecule has 1 aliphatic heterocycles. The number of likely N-dealkylation sites (tertiary alicyclic amines) is 1. The lowest BCUT2D eigenvalue weighted by molar-refractivity contribution is 0.270. The largest absolute Gasteiger partial charge is 0.357 e. The van der Waals surface area contributed by atoms with Gasteiger partial charge in [-0.25, -0.2) is 4.98 Å². The highest BCUT2D eigenvalue weighted by Crippen LogP contribution is 2.23. The lowest BCUT2D eigenvalue weighted by Crippen LogP contribution is -2.39. The maximum atomic E-state index is 5.96. The lowest BCUT2D eigenvalue weighted by atomic mass is 10.2. The van der Waals surface area contributed by atoms with E-state index in [9.17, 15) is 0 Å². The minimum absolute atomic E-state index is 0.507. The van der Waals surface area contributed by atoms with Crippen molar-refractivity contribution in [2.45, 2.75) is 32.4 Å². The summed E-state index contributed by atoms with van der Waals surface area (Å²) in [4.78, 5) is 9.60. The normalized spacial score (nSPS) is 19.5. The molecule has 3 heterocycles. The van der Waals surface area contributed by atoms with Gasteiger partial charge in [0.25, 0.3) is 0 Å². The fourth-order valence-electron chi connectivity index (χ4n) is 3.45. The molecule has 1 atom stereocenters. The van der Waals surface area contributed by atoms with Crippen molar-refractivity contribution in [2.75, 3.05) is 31.6 Å². The van der Waals surface area contributed by atoms with E-state index < -0.39 is 0 Å². The highest BCUT2D eigenvalue weighted by molar-refractivity contribution is 5.55. The fraction of sp³-hybridized carbons (Fsp3) is 0.562. The van der Waals surface area contributed by atoms with E-state index in [2.05, 4.69) is 28.2 Å². The van der Waals surface area contributed by atoms with Crippen molar-refractivity contribution < 1.29 is 0 Å². The maximum absolute atomic E-state index is 5.96. The average molecular weight is 287 g/mol. The number of rotatable bonds is 5. The number of hydrogen-bond donors (Lipinski definition) is 1. The second kappa shape index (κ2) is 6.03. The SMILES string of the molecule is CCN1CCCC1CN(C)c1nc2ccccn2c1CN. The summed E-state index contributed by atoms with van der Waals surface area (Å²) in [5, 5.41) is 0. The van der Waals surface area contributed by atoms with Crippen molar-refractivity contribution in [2.24, 2.45) is 5.73 Å². The van der Waals surface area contributed by atoms with Gasteiger partial charge in [0.1, 0.15) is 5.65 Å². The van der Waals surface area contributed by atoms with Gasteiger partial charge in [-0.1, -0.05) is 13.0 Å². The molecule has 0 aromatic carbocycles. The van der Waals surface area contributed by atoms with Gasteiger partial charge in [-0.15, -0.1) is 0 Å². The Kier molecular flexibility index (Phi) is 4.12. The van der Waals surface area contributed by atoms with E-state index in [4.69, 9.17) is 10.7 Å². The smallest absolute Gasteiger partial charge is 0.152 e. The molecule has 2 aromatic heterocycles. The lowest BCUT2D eigenvalue weighted by Gasteiger charge is -2.28. The molecule has 2 N–H and O–H groups in total. The van der Waals surface area contributed by atoms with Crippen molar-refractivity contribution in [1.82, 2.24) is 14.3 Å². The molecule has 1 fully saturated rings. The molecule has 0 bridgehead atoms. The first-order chi connectivity index (χ1) is 10.2. The number of hydrogen-bond acceptors (Lipinski definition) is 4. The third kappa shape index (κ3) is 2.63. The summed E-state index contributed by atoms with van der Waals surface area (Å²) >= 11 is 0. The molecule has 1 saturated heterocycles. The predicted molar refractivity (Wildman–Crippen MR) is 86.6 cm³/mol. The molecule has 21 heavy (non-hydrogen) atoms. The van der Waals surface area contributed by atoms with E-state index in [1.54, 1.807) is 0 Å². The minimum atomic E-state index is 0.507. The van der Waals surface area contributed by atoms with Gasteiger partial charge >= 0.3 is 0 Å². The molecule has 1 aliphatic rings. The summed E-state index contributed by atoms with van der Waals surface area (Å²) in [5.74, 6) is 1.02. The molecule has 0 aliphatic carbocycles. The zero-order valence-corrected chi connectivity index (χ0v) is 13.0. The van der Waals surface area contributed by atoms with Gasteiger partial charge in [-0.05, 0) is 38.1 Å². The van der Waals surface area contributed by atoms with E-state index in [-0.39, 0.29) is 0 Å². The molecular weight excluding hydrogens is 262 g/mol. The average Bonchev–Trinajstić information content (AvgIpc) is 3.10. The van der Waals surface area contributed by atoms with Crippen LogP contribution in [-0.2, 0) is 6.54 Å². The van der Waals surface area contributed by atoms with Gasteiger partial charge in [0.15, 0.2) is 5.82 Å². The summed E-state index contributed by atoms with van der Waals surface area (Å²) in [6.45, 7) is 6.13. The highest BCUT2D eigenvalue weighted by Gasteiger charge is 2.25. The number of fused-ring (bicyclic) bond motifs is 1. The highest BCUT2D eigenvalue weighted by atomic mass is 15.3. The number of nitrogens with zero attached hydrogens (tertiary/aromatic N) is 4. The Hall–Kier alpha value is -1.59. The van der Waals surface area contributed by atoms with Crippen LogP contribution in [0.15, 0.2) is 24.4 Å². The van der Waals surface area contributed by atoms with Crippen LogP contribution in [0.3, 0.4) is 0 Å². The molecular formula is C16H25N5. The van der Waals surface area contributed by atoms with Crippen LogP contribution < -0.4 is 10.6 Å². The molecule has 0 radical (unpaired) electrons. The van der Waals surface area contributed by atoms with Crippen LogP contribution >= 0.6 is 0 Å². The van der Waals surface area contributed by atoms with E-state index >= 15 is 0 Å². The number of imidazole rings is 1. The van der Waals surface area contributed by atoms with Crippen LogP contribution in [0.1, 0.15) is 25.5 Å². The van der Waals surface area contributed by atoms with Gasteiger partial charge in [0.05, 0.1) is 5.69 Å². The van der Waals surface area contributed by atoms with Crippen LogP contribution in [0.4, 0.5) is 5.82 Å². The Bertz CT molecular complexity index is 606. The summed E-state index contributed by atoms with van der Waals surface area (Å²) in [6, 6.07) is 6.70. The Morgan fingerprint density at radius 2 is 2.29 bits per heavy atom. The first-order valence-electron chi connectivity index (χ1n) is 7.85. The quantitative estimate of drug-likeness (QED) is 0.909. The molecule has 5 heteroatoms. The topological polar surface area (TPSA) is 49.8 Å². The second-order valence-corrected chi connectivity index (χ2v) is 5.82. The van der Waals surface area contributed by atoms with Gasteiger partial charge < -0.3 is 15.0 Å². The Morgan fingerprint density at radius 1 is 1.43 bits per heavy atom. The Balaban J connectivity index is 1.85. The number of likely N-dealkylation sites (N-methyl/N-ethyl adjacent to an activating group) is 2. The van der Waals surface area contributed by atoms with Gasteiger partial charge in [-0.2, -0.15) is 0 Å². The molecule has 0 amide bonds. The summed E-state index contributed by atoms with van der Waals surface area (Å²) in [6.07, 6.45) is 4.63. The van der Waals surface area contributed by atoms with Gasteiger partial charge in [0.2, 0.25) is 0 Å². The first-order valence-corrected chi connectivity index (χ1v) is 7.85. The van der Waals surface area contributed by atoms with Crippen LogP contribution in [0.5, 0.6) is 0 Å². The van der Waals surface area contributed by atoms with E-state index in [0.29, 0.717) is 12.6 Å². The monoisotopic (exact) mass is 287 g/mol. The Labute approximate surface area is 126 Å². The molecule has 0 spiro atoms. The second-order valence-electron chi connectivity index (χ2n) is 5.82. The van der Waals surface area contributed by atoms with Crippen molar-refractivity contribution in [3.8, 4) is 0 Å².